The molecule has 0 aromatic carbocycles. The molecule has 3 heteroatoms. The van der Waals surface area contributed by atoms with Crippen LogP contribution in [0.2, 0.25) is 0 Å². The van der Waals surface area contributed by atoms with Crippen molar-refractivity contribution in [2.75, 3.05) is 20.1 Å². The van der Waals surface area contributed by atoms with Crippen molar-refractivity contribution in [2.24, 2.45) is 4.99 Å². The number of hydrogen-bond acceptors (Lipinski definition) is 3. The highest BCUT2D eigenvalue weighted by Crippen LogP contribution is 2.14. The van der Waals surface area contributed by atoms with Crippen LogP contribution in [-0.4, -0.2) is 30.9 Å². The average molecular weight is 166 g/mol. The third-order valence-electron chi connectivity index (χ3n) is 1.80. The second-order valence-corrected chi connectivity index (χ2v) is 3.55. The van der Waals surface area contributed by atoms with Crippen molar-refractivity contribution >= 4 is 17.2 Å². The zero-order valence-electron chi connectivity index (χ0n) is 6.45. The fourth-order valence-corrected chi connectivity index (χ4v) is 1.99. The fraction of sp³-hybridized carbons (Fsp3) is 0.375. The molecule has 0 amide bonds. The maximum atomic E-state index is 4.41. The molecule has 1 aromatic rings. The Kier molecular flexibility index (Phi) is 1.66. The molecule has 0 atom stereocenters. The van der Waals surface area contributed by atoms with Gasteiger partial charge in [-0.3, -0.25) is 4.99 Å². The Bertz CT molecular complexity index is 264. The zero-order chi connectivity index (χ0) is 7.68. The van der Waals surface area contributed by atoms with Crippen LogP contribution in [-0.2, 0) is 0 Å². The van der Waals surface area contributed by atoms with Gasteiger partial charge in [-0.1, -0.05) is 6.07 Å². The van der Waals surface area contributed by atoms with Crippen LogP contribution >= 0.6 is 11.3 Å². The molecule has 58 valence electrons. The lowest BCUT2D eigenvalue weighted by atomic mass is 10.4. The summed E-state index contributed by atoms with van der Waals surface area (Å²) >= 11 is 1.75. The molecule has 0 saturated carbocycles. The highest BCUT2D eigenvalue weighted by atomic mass is 32.1. The topological polar surface area (TPSA) is 15.6 Å². The van der Waals surface area contributed by atoms with E-state index < -0.39 is 0 Å². The van der Waals surface area contributed by atoms with Crippen molar-refractivity contribution in [1.29, 1.82) is 0 Å². The molecule has 0 N–H and O–H groups in total. The molecule has 0 fully saturated rings. The third kappa shape index (κ3) is 1.16. The Labute approximate surface area is 70.2 Å². The molecule has 1 aromatic heterocycles. The predicted octanol–water partition coefficient (Wildman–Crippen LogP) is 1.44. The Morgan fingerprint density at radius 2 is 2.55 bits per heavy atom. The van der Waals surface area contributed by atoms with Crippen molar-refractivity contribution in [3.63, 3.8) is 0 Å². The number of amidine groups is 1. The van der Waals surface area contributed by atoms with Gasteiger partial charge in [0.25, 0.3) is 0 Å². The lowest BCUT2D eigenvalue weighted by molar-refractivity contribution is 0.557. The van der Waals surface area contributed by atoms with E-state index in [-0.39, 0.29) is 0 Å². The van der Waals surface area contributed by atoms with Gasteiger partial charge in [0, 0.05) is 13.6 Å². The Hall–Kier alpha value is -0.830. The van der Waals surface area contributed by atoms with E-state index in [4.69, 9.17) is 0 Å². The highest BCUT2D eigenvalue weighted by Gasteiger charge is 2.14. The number of thiophene rings is 1. The van der Waals surface area contributed by atoms with Crippen LogP contribution < -0.4 is 0 Å². The van der Waals surface area contributed by atoms with Crippen LogP contribution in [0.5, 0.6) is 0 Å². The first-order chi connectivity index (χ1) is 5.38. The van der Waals surface area contributed by atoms with Crippen molar-refractivity contribution in [3.8, 4) is 0 Å². The average Bonchev–Trinajstić information content (AvgIpc) is 2.55. The SMILES string of the molecule is CN1CCN=C1c1cccs1. The molecule has 2 heterocycles. The van der Waals surface area contributed by atoms with Gasteiger partial charge < -0.3 is 4.90 Å². The highest BCUT2D eigenvalue weighted by molar-refractivity contribution is 7.12. The van der Waals surface area contributed by atoms with E-state index in [2.05, 4.69) is 34.5 Å². The van der Waals surface area contributed by atoms with Crippen molar-refractivity contribution in [3.05, 3.63) is 22.4 Å². The van der Waals surface area contributed by atoms with Crippen LogP contribution in [0.3, 0.4) is 0 Å². The first kappa shape index (κ1) is 6.85. The zero-order valence-corrected chi connectivity index (χ0v) is 7.27. The molecule has 0 unspecified atom stereocenters. The number of aliphatic imine (C=N–C) groups is 1. The molecular weight excluding hydrogens is 156 g/mol. The van der Waals surface area contributed by atoms with Crippen LogP contribution in [0.1, 0.15) is 4.88 Å². The number of rotatable bonds is 1. The number of hydrogen-bond donors (Lipinski definition) is 0. The van der Waals surface area contributed by atoms with E-state index in [1.165, 1.54) is 4.88 Å². The molecule has 2 nitrogen and oxygen atoms in total. The van der Waals surface area contributed by atoms with Crippen LogP contribution in [0.25, 0.3) is 0 Å². The summed E-state index contributed by atoms with van der Waals surface area (Å²) in [6.07, 6.45) is 0. The molecule has 1 aliphatic heterocycles. The van der Waals surface area contributed by atoms with Gasteiger partial charge in [0.05, 0.1) is 11.4 Å². The number of likely N-dealkylation sites (N-methyl/N-ethyl adjacent to an activating group) is 1. The maximum absolute atomic E-state index is 4.41. The maximum Gasteiger partial charge on any atom is 0.141 e. The normalized spacial score (nSPS) is 17.2. The van der Waals surface area contributed by atoms with Gasteiger partial charge in [-0.25, -0.2) is 0 Å². The van der Waals surface area contributed by atoms with Gasteiger partial charge in [-0.05, 0) is 11.4 Å². The van der Waals surface area contributed by atoms with E-state index in [1.807, 2.05) is 0 Å². The van der Waals surface area contributed by atoms with Gasteiger partial charge in [0.1, 0.15) is 5.84 Å². The van der Waals surface area contributed by atoms with E-state index in [9.17, 15) is 0 Å². The summed E-state index contributed by atoms with van der Waals surface area (Å²) in [6, 6.07) is 4.18. The molecule has 0 aliphatic carbocycles. The van der Waals surface area contributed by atoms with Gasteiger partial charge in [0.2, 0.25) is 0 Å². The lowest BCUT2D eigenvalue weighted by Crippen LogP contribution is -2.22. The molecule has 1 aliphatic rings. The van der Waals surface area contributed by atoms with E-state index in [1.54, 1.807) is 11.3 Å². The Balaban J connectivity index is 2.30. The first-order valence-electron chi connectivity index (χ1n) is 3.67. The summed E-state index contributed by atoms with van der Waals surface area (Å²) in [5.41, 5.74) is 0. The second kappa shape index (κ2) is 2.66. The van der Waals surface area contributed by atoms with E-state index in [0.29, 0.717) is 0 Å². The molecule has 0 radical (unpaired) electrons. The number of nitrogens with zero attached hydrogens (tertiary/aromatic N) is 2. The van der Waals surface area contributed by atoms with Gasteiger partial charge in [-0.15, -0.1) is 11.3 Å². The summed E-state index contributed by atoms with van der Waals surface area (Å²) < 4.78 is 0. The quantitative estimate of drug-likeness (QED) is 0.616. The van der Waals surface area contributed by atoms with Gasteiger partial charge in [0.15, 0.2) is 0 Å². The minimum absolute atomic E-state index is 0.948. The monoisotopic (exact) mass is 166 g/mol. The smallest absolute Gasteiger partial charge is 0.141 e. The summed E-state index contributed by atoms with van der Waals surface area (Å²) in [5.74, 6) is 1.15. The van der Waals surface area contributed by atoms with Crippen LogP contribution in [0, 0.1) is 0 Å². The Morgan fingerprint density at radius 1 is 1.64 bits per heavy atom. The molecule has 0 spiro atoms. The molecular formula is C8H10N2S. The largest absolute Gasteiger partial charge is 0.357 e. The van der Waals surface area contributed by atoms with Gasteiger partial charge >= 0.3 is 0 Å². The molecule has 11 heavy (non-hydrogen) atoms. The van der Waals surface area contributed by atoms with Crippen molar-refractivity contribution < 1.29 is 0 Å². The first-order valence-corrected chi connectivity index (χ1v) is 4.55. The van der Waals surface area contributed by atoms with Crippen molar-refractivity contribution in [2.45, 2.75) is 0 Å². The minimum Gasteiger partial charge on any atom is -0.357 e. The second-order valence-electron chi connectivity index (χ2n) is 2.60. The van der Waals surface area contributed by atoms with E-state index in [0.717, 1.165) is 18.9 Å². The lowest BCUT2D eigenvalue weighted by Gasteiger charge is -2.11. The summed E-state index contributed by atoms with van der Waals surface area (Å²) in [6.45, 7) is 2.01. The molecule has 2 rings (SSSR count). The molecule has 0 saturated heterocycles. The van der Waals surface area contributed by atoms with E-state index >= 15 is 0 Å². The predicted molar refractivity (Wildman–Crippen MR) is 48.4 cm³/mol. The standard InChI is InChI=1S/C8H10N2S/c1-10-5-4-9-8(10)7-3-2-6-11-7/h2-3,6H,4-5H2,1H3. The van der Waals surface area contributed by atoms with Crippen molar-refractivity contribution in [1.82, 2.24) is 4.90 Å². The summed E-state index contributed by atoms with van der Waals surface area (Å²) in [7, 11) is 2.09. The van der Waals surface area contributed by atoms with Gasteiger partial charge in [-0.2, -0.15) is 0 Å². The van der Waals surface area contributed by atoms with Crippen LogP contribution in [0.4, 0.5) is 0 Å². The van der Waals surface area contributed by atoms with Crippen LogP contribution in [0.15, 0.2) is 22.5 Å². The third-order valence-corrected chi connectivity index (χ3v) is 2.67. The minimum atomic E-state index is 0.948. The summed E-state index contributed by atoms with van der Waals surface area (Å²) in [4.78, 5) is 7.89. The summed E-state index contributed by atoms with van der Waals surface area (Å²) in [5, 5.41) is 2.09. The fourth-order valence-electron chi connectivity index (χ4n) is 1.20. The molecule has 0 bridgehead atoms. The Morgan fingerprint density at radius 3 is 3.09 bits per heavy atom.